The predicted octanol–water partition coefficient (Wildman–Crippen LogP) is 0.692. The molecular weight excluding hydrogens is 258 g/mol. The van der Waals surface area contributed by atoms with Crippen LogP contribution >= 0.6 is 0 Å². The van der Waals surface area contributed by atoms with E-state index in [0.29, 0.717) is 30.2 Å². The lowest BCUT2D eigenvalue weighted by molar-refractivity contribution is -0.122. The lowest BCUT2D eigenvalue weighted by Gasteiger charge is -2.23. The summed E-state index contributed by atoms with van der Waals surface area (Å²) >= 11 is 0. The second kappa shape index (κ2) is 4.93. The van der Waals surface area contributed by atoms with E-state index >= 15 is 0 Å². The summed E-state index contributed by atoms with van der Waals surface area (Å²) in [4.78, 5) is 16.0. The van der Waals surface area contributed by atoms with Crippen LogP contribution in [0.2, 0.25) is 0 Å². The number of rotatable bonds is 3. The number of hydrogen-bond donors (Lipinski definition) is 3. The Labute approximate surface area is 115 Å². The molecule has 2 heterocycles. The van der Waals surface area contributed by atoms with E-state index in [0.717, 1.165) is 11.4 Å². The maximum Gasteiger partial charge on any atom is 0.265 e. The first-order valence-electron chi connectivity index (χ1n) is 6.40. The number of nitrogens with zero attached hydrogens (tertiary/aromatic N) is 2. The third-order valence-corrected chi connectivity index (χ3v) is 3.08. The molecule has 0 fully saturated rings. The Morgan fingerprint density at radius 3 is 3.10 bits per heavy atom. The Hall–Kier alpha value is -2.41. The summed E-state index contributed by atoms with van der Waals surface area (Å²) < 4.78 is 5.50. The van der Waals surface area contributed by atoms with Crippen molar-refractivity contribution in [2.75, 3.05) is 11.9 Å². The largest absolute Gasteiger partial charge is 0.479 e. The molecule has 0 spiro atoms. The number of H-pyrrole nitrogens is 1. The number of aromatic amines is 1. The summed E-state index contributed by atoms with van der Waals surface area (Å²) in [5.74, 6) is 1.81. The molecule has 104 valence electrons. The van der Waals surface area contributed by atoms with Gasteiger partial charge in [-0.1, -0.05) is 0 Å². The Bertz CT molecular complexity index is 652. The molecule has 20 heavy (non-hydrogen) atoms. The van der Waals surface area contributed by atoms with Crippen molar-refractivity contribution in [2.45, 2.75) is 19.4 Å². The van der Waals surface area contributed by atoms with E-state index in [2.05, 4.69) is 20.5 Å². The molecule has 3 rings (SSSR count). The van der Waals surface area contributed by atoms with Gasteiger partial charge in [-0.15, -0.1) is 0 Å². The van der Waals surface area contributed by atoms with Crippen molar-refractivity contribution in [1.82, 2.24) is 15.2 Å². The number of carbonyl (C=O) groups excluding carboxylic acids is 1. The van der Waals surface area contributed by atoms with Gasteiger partial charge in [0.05, 0.1) is 5.69 Å². The van der Waals surface area contributed by atoms with Gasteiger partial charge in [-0.05, 0) is 31.7 Å². The zero-order valence-electron chi connectivity index (χ0n) is 11.0. The lowest BCUT2D eigenvalue weighted by Crippen LogP contribution is -2.34. The van der Waals surface area contributed by atoms with Crippen LogP contribution in [0, 0.1) is 0 Å². The molecule has 1 aromatic heterocycles. The molecule has 1 aliphatic rings. The standard InChI is InChI=1S/C13H15N5O2/c1-7-13(19)15-9-6-8(2-3-10(9)20-7)12-16-11(4-5-14)17-18-12/h2-3,6-7H,4-5,14H2,1H3,(H,15,19)(H,16,17,18). The van der Waals surface area contributed by atoms with Crippen LogP contribution in [0.4, 0.5) is 5.69 Å². The molecule has 1 aromatic carbocycles. The second-order valence-corrected chi connectivity index (χ2v) is 4.60. The minimum atomic E-state index is -0.479. The summed E-state index contributed by atoms with van der Waals surface area (Å²) in [5.41, 5.74) is 6.92. The topological polar surface area (TPSA) is 106 Å². The van der Waals surface area contributed by atoms with Crippen molar-refractivity contribution >= 4 is 11.6 Å². The second-order valence-electron chi connectivity index (χ2n) is 4.60. The molecule has 0 bridgehead atoms. The van der Waals surface area contributed by atoms with Crippen molar-refractivity contribution in [3.8, 4) is 17.1 Å². The van der Waals surface area contributed by atoms with Gasteiger partial charge in [-0.2, -0.15) is 5.10 Å². The SMILES string of the molecule is CC1Oc2ccc(-c3n[nH]c(CCN)n3)cc2NC1=O. The van der Waals surface area contributed by atoms with Crippen molar-refractivity contribution < 1.29 is 9.53 Å². The van der Waals surface area contributed by atoms with Gasteiger partial charge in [0.25, 0.3) is 5.91 Å². The van der Waals surface area contributed by atoms with Crippen LogP contribution in [0.25, 0.3) is 11.4 Å². The fourth-order valence-corrected chi connectivity index (χ4v) is 2.02. The van der Waals surface area contributed by atoms with Gasteiger partial charge in [0.2, 0.25) is 0 Å². The fourth-order valence-electron chi connectivity index (χ4n) is 2.02. The number of fused-ring (bicyclic) bond motifs is 1. The highest BCUT2D eigenvalue weighted by atomic mass is 16.5. The molecule has 0 aliphatic carbocycles. The van der Waals surface area contributed by atoms with Crippen LogP contribution in [0.1, 0.15) is 12.7 Å². The van der Waals surface area contributed by atoms with Crippen LogP contribution in [0.5, 0.6) is 5.75 Å². The molecule has 4 N–H and O–H groups in total. The quantitative estimate of drug-likeness (QED) is 0.763. The van der Waals surface area contributed by atoms with Gasteiger partial charge >= 0.3 is 0 Å². The third kappa shape index (κ3) is 2.23. The molecule has 1 aliphatic heterocycles. The number of hydrogen-bond acceptors (Lipinski definition) is 5. The first-order valence-corrected chi connectivity index (χ1v) is 6.40. The van der Waals surface area contributed by atoms with Gasteiger partial charge < -0.3 is 15.8 Å². The number of nitrogens with one attached hydrogen (secondary N) is 2. The average molecular weight is 273 g/mol. The number of anilines is 1. The van der Waals surface area contributed by atoms with Crippen molar-refractivity contribution in [2.24, 2.45) is 5.73 Å². The van der Waals surface area contributed by atoms with Crippen molar-refractivity contribution in [3.05, 3.63) is 24.0 Å². The zero-order chi connectivity index (χ0) is 14.1. The summed E-state index contributed by atoms with van der Waals surface area (Å²) in [6, 6.07) is 5.46. The number of ether oxygens (including phenoxy) is 1. The average Bonchev–Trinajstić information content (AvgIpc) is 2.89. The Morgan fingerprint density at radius 1 is 1.45 bits per heavy atom. The summed E-state index contributed by atoms with van der Waals surface area (Å²) in [6.45, 7) is 2.22. The minimum Gasteiger partial charge on any atom is -0.479 e. The Balaban J connectivity index is 1.91. The normalized spacial score (nSPS) is 17.3. The first-order chi connectivity index (χ1) is 9.67. The van der Waals surface area contributed by atoms with E-state index in [1.807, 2.05) is 6.07 Å². The van der Waals surface area contributed by atoms with E-state index in [1.54, 1.807) is 19.1 Å². The lowest BCUT2D eigenvalue weighted by atomic mass is 10.1. The molecule has 2 aromatic rings. The number of amides is 1. The highest BCUT2D eigenvalue weighted by Crippen LogP contribution is 2.32. The summed E-state index contributed by atoms with van der Waals surface area (Å²) in [7, 11) is 0. The predicted molar refractivity (Wildman–Crippen MR) is 73.3 cm³/mol. The van der Waals surface area contributed by atoms with E-state index in [1.165, 1.54) is 0 Å². The molecule has 1 unspecified atom stereocenters. The maximum atomic E-state index is 11.6. The van der Waals surface area contributed by atoms with Crippen LogP contribution in [-0.2, 0) is 11.2 Å². The van der Waals surface area contributed by atoms with Crippen LogP contribution in [0.15, 0.2) is 18.2 Å². The Morgan fingerprint density at radius 2 is 2.30 bits per heavy atom. The fraction of sp³-hybridized carbons (Fsp3) is 0.308. The van der Waals surface area contributed by atoms with Gasteiger partial charge in [-0.25, -0.2) is 4.98 Å². The van der Waals surface area contributed by atoms with E-state index in [9.17, 15) is 4.79 Å². The summed E-state index contributed by atoms with van der Waals surface area (Å²) in [5, 5.41) is 9.79. The first kappa shape index (κ1) is 12.6. The molecule has 7 nitrogen and oxygen atoms in total. The smallest absolute Gasteiger partial charge is 0.265 e. The van der Waals surface area contributed by atoms with Gasteiger partial charge in [0, 0.05) is 12.0 Å². The molecular formula is C13H15N5O2. The third-order valence-electron chi connectivity index (χ3n) is 3.08. The van der Waals surface area contributed by atoms with Crippen LogP contribution < -0.4 is 15.8 Å². The number of carbonyl (C=O) groups is 1. The van der Waals surface area contributed by atoms with E-state index in [-0.39, 0.29) is 5.91 Å². The molecule has 1 atom stereocenters. The van der Waals surface area contributed by atoms with Gasteiger partial charge in [0.15, 0.2) is 11.9 Å². The van der Waals surface area contributed by atoms with Gasteiger partial charge in [-0.3, -0.25) is 9.89 Å². The maximum absolute atomic E-state index is 11.6. The number of nitrogens with two attached hydrogens (primary N) is 1. The van der Waals surface area contributed by atoms with E-state index < -0.39 is 6.10 Å². The Kier molecular flexibility index (Phi) is 3.11. The minimum absolute atomic E-state index is 0.159. The molecule has 1 amide bonds. The van der Waals surface area contributed by atoms with Crippen LogP contribution in [0.3, 0.4) is 0 Å². The highest BCUT2D eigenvalue weighted by molar-refractivity contribution is 5.98. The molecule has 7 heteroatoms. The number of aromatic nitrogens is 3. The number of benzene rings is 1. The highest BCUT2D eigenvalue weighted by Gasteiger charge is 2.24. The van der Waals surface area contributed by atoms with E-state index in [4.69, 9.17) is 10.5 Å². The van der Waals surface area contributed by atoms with Crippen molar-refractivity contribution in [1.29, 1.82) is 0 Å². The zero-order valence-corrected chi connectivity index (χ0v) is 11.0. The summed E-state index contributed by atoms with van der Waals surface area (Å²) in [6.07, 6.45) is 0.169. The van der Waals surface area contributed by atoms with Crippen LogP contribution in [-0.4, -0.2) is 33.7 Å². The molecule has 0 saturated carbocycles. The molecule has 0 radical (unpaired) electrons. The van der Waals surface area contributed by atoms with Gasteiger partial charge in [0.1, 0.15) is 11.6 Å². The van der Waals surface area contributed by atoms with Crippen molar-refractivity contribution in [3.63, 3.8) is 0 Å². The molecule has 0 saturated heterocycles. The monoisotopic (exact) mass is 273 g/mol.